The molecule has 28 heavy (non-hydrogen) atoms. The summed E-state index contributed by atoms with van der Waals surface area (Å²) in [5, 5.41) is 12.0. The van der Waals surface area contributed by atoms with Gasteiger partial charge in [-0.15, -0.1) is 11.8 Å². The van der Waals surface area contributed by atoms with Crippen LogP contribution < -0.4 is 21.3 Å². The first-order chi connectivity index (χ1) is 13.6. The van der Waals surface area contributed by atoms with Gasteiger partial charge < -0.3 is 16.0 Å². The van der Waals surface area contributed by atoms with Gasteiger partial charge >= 0.3 is 0 Å². The summed E-state index contributed by atoms with van der Waals surface area (Å²) in [4.78, 5) is 36.2. The van der Waals surface area contributed by atoms with Crippen molar-refractivity contribution in [2.75, 3.05) is 5.75 Å². The monoisotopic (exact) mass is 404 g/mol. The lowest BCUT2D eigenvalue weighted by Crippen LogP contribution is -2.56. The molecule has 2 aliphatic rings. The Bertz CT molecular complexity index is 679. The normalized spacial score (nSPS) is 22.5. The second-order valence-corrected chi connectivity index (χ2v) is 8.44. The van der Waals surface area contributed by atoms with Gasteiger partial charge in [0.2, 0.25) is 17.7 Å². The molecule has 1 aliphatic heterocycles. The second kappa shape index (κ2) is 10.5. The van der Waals surface area contributed by atoms with E-state index in [0.717, 1.165) is 18.4 Å². The number of amides is 3. The van der Waals surface area contributed by atoms with Gasteiger partial charge in [-0.25, -0.2) is 0 Å². The smallest absolute Gasteiger partial charge is 0.230 e. The fraction of sp³-hybridized carbons (Fsp3) is 0.550. The average molecular weight is 405 g/mol. The van der Waals surface area contributed by atoms with Gasteiger partial charge in [-0.1, -0.05) is 43.2 Å². The van der Waals surface area contributed by atoms with E-state index in [-0.39, 0.29) is 47.9 Å². The van der Waals surface area contributed by atoms with Crippen LogP contribution in [0.3, 0.4) is 0 Å². The van der Waals surface area contributed by atoms with E-state index >= 15 is 0 Å². The molecule has 1 heterocycles. The predicted octanol–water partition coefficient (Wildman–Crippen LogP) is 1.25. The second-order valence-electron chi connectivity index (χ2n) is 7.34. The summed E-state index contributed by atoms with van der Waals surface area (Å²) >= 11 is 1.35. The Morgan fingerprint density at radius 2 is 1.86 bits per heavy atom. The molecule has 1 aromatic rings. The van der Waals surface area contributed by atoms with Crippen LogP contribution in [-0.2, 0) is 20.9 Å². The van der Waals surface area contributed by atoms with Crippen molar-refractivity contribution < 1.29 is 14.4 Å². The Labute approximate surface area is 169 Å². The summed E-state index contributed by atoms with van der Waals surface area (Å²) in [6.45, 7) is 0.470. The van der Waals surface area contributed by atoms with Crippen LogP contribution in [0.15, 0.2) is 30.3 Å². The maximum absolute atomic E-state index is 12.2. The molecule has 1 saturated carbocycles. The van der Waals surface area contributed by atoms with Crippen molar-refractivity contribution in [3.8, 4) is 0 Å². The lowest BCUT2D eigenvalue weighted by molar-refractivity contribution is -0.125. The number of hydrogen-bond donors (Lipinski definition) is 4. The van der Waals surface area contributed by atoms with Gasteiger partial charge in [0.15, 0.2) is 0 Å². The minimum Gasteiger partial charge on any atom is -0.353 e. The lowest BCUT2D eigenvalue weighted by atomic mass is 10.1. The topological polar surface area (TPSA) is 99.3 Å². The zero-order chi connectivity index (χ0) is 19.8. The third kappa shape index (κ3) is 6.83. The van der Waals surface area contributed by atoms with Crippen LogP contribution >= 0.6 is 11.8 Å². The van der Waals surface area contributed by atoms with Crippen LogP contribution in [0.1, 0.15) is 44.1 Å². The maximum Gasteiger partial charge on any atom is 0.230 e. The maximum atomic E-state index is 12.2. The molecule has 1 aliphatic carbocycles. The molecule has 152 valence electrons. The molecule has 0 spiro atoms. The fourth-order valence-corrected chi connectivity index (χ4v) is 4.46. The molecule has 1 saturated heterocycles. The van der Waals surface area contributed by atoms with E-state index in [1.807, 2.05) is 30.3 Å². The molecular formula is C20H28N4O3S. The minimum atomic E-state index is -0.359. The van der Waals surface area contributed by atoms with Gasteiger partial charge in [0.1, 0.15) is 5.50 Å². The van der Waals surface area contributed by atoms with E-state index in [1.165, 1.54) is 24.6 Å². The predicted molar refractivity (Wildman–Crippen MR) is 109 cm³/mol. The molecule has 7 nitrogen and oxygen atoms in total. The van der Waals surface area contributed by atoms with Crippen LogP contribution in [0.4, 0.5) is 0 Å². The van der Waals surface area contributed by atoms with Gasteiger partial charge in [0.25, 0.3) is 0 Å². The summed E-state index contributed by atoms with van der Waals surface area (Å²) in [6, 6.07) is 9.76. The third-order valence-electron chi connectivity index (χ3n) is 4.98. The summed E-state index contributed by atoms with van der Waals surface area (Å²) in [7, 11) is 0. The molecule has 2 fully saturated rings. The van der Waals surface area contributed by atoms with Gasteiger partial charge in [-0.05, 0) is 18.4 Å². The first-order valence-electron chi connectivity index (χ1n) is 9.85. The molecule has 1 aromatic carbocycles. The van der Waals surface area contributed by atoms with Gasteiger partial charge in [0, 0.05) is 31.5 Å². The lowest BCUT2D eigenvalue weighted by Gasteiger charge is -2.30. The highest BCUT2D eigenvalue weighted by Crippen LogP contribution is 2.18. The first kappa shape index (κ1) is 20.7. The Kier molecular flexibility index (Phi) is 7.73. The number of rotatable bonds is 8. The van der Waals surface area contributed by atoms with Crippen molar-refractivity contribution in [1.29, 1.82) is 0 Å². The summed E-state index contributed by atoms with van der Waals surface area (Å²) in [5.41, 5.74) is 0.675. The quantitative estimate of drug-likeness (QED) is 0.523. The van der Waals surface area contributed by atoms with Gasteiger partial charge in [-0.2, -0.15) is 0 Å². The van der Waals surface area contributed by atoms with E-state index < -0.39 is 0 Å². The van der Waals surface area contributed by atoms with Gasteiger partial charge in [-0.3, -0.25) is 19.7 Å². The van der Waals surface area contributed by atoms with E-state index in [2.05, 4.69) is 21.3 Å². The molecule has 0 bridgehead atoms. The Morgan fingerprint density at radius 1 is 1.11 bits per heavy atom. The average Bonchev–Trinajstić information content (AvgIpc) is 3.18. The van der Waals surface area contributed by atoms with Crippen molar-refractivity contribution in [2.24, 2.45) is 0 Å². The molecule has 0 aromatic heterocycles. The fourth-order valence-electron chi connectivity index (χ4n) is 3.56. The molecule has 8 heteroatoms. The molecule has 4 N–H and O–H groups in total. The molecular weight excluding hydrogens is 376 g/mol. The SMILES string of the molecule is O=C(CC1CC(=O)NC(SCC(=O)NC2CCCC2)N1)NCc1ccccc1. The van der Waals surface area contributed by atoms with Crippen molar-refractivity contribution in [3.63, 3.8) is 0 Å². The molecule has 3 amide bonds. The standard InChI is InChI=1S/C20H28N4O3S/c25-17(21-12-14-6-2-1-3-7-14)10-16-11-18(26)24-20(23-16)28-13-19(27)22-15-8-4-5-9-15/h1-3,6-7,15-16,20,23H,4-5,8-13H2,(H,21,25)(H,22,27)(H,24,26). The van der Waals surface area contributed by atoms with Crippen LogP contribution in [0, 0.1) is 0 Å². The largest absolute Gasteiger partial charge is 0.353 e. The molecule has 3 rings (SSSR count). The third-order valence-corrected chi connectivity index (χ3v) is 5.99. The van der Waals surface area contributed by atoms with Crippen LogP contribution in [-0.4, -0.2) is 41.1 Å². The van der Waals surface area contributed by atoms with Crippen LogP contribution in [0.25, 0.3) is 0 Å². The van der Waals surface area contributed by atoms with E-state index in [4.69, 9.17) is 0 Å². The summed E-state index contributed by atoms with van der Waals surface area (Å²) in [5.74, 6) is 0.0734. The zero-order valence-electron chi connectivity index (χ0n) is 15.9. The minimum absolute atomic E-state index is 0.00400. The van der Waals surface area contributed by atoms with Crippen LogP contribution in [0.2, 0.25) is 0 Å². The summed E-state index contributed by atoms with van der Waals surface area (Å²) < 4.78 is 0. The number of hydrogen-bond acceptors (Lipinski definition) is 5. The number of carbonyl (C=O) groups is 3. The highest BCUT2D eigenvalue weighted by molar-refractivity contribution is 8.00. The van der Waals surface area contributed by atoms with E-state index in [0.29, 0.717) is 12.6 Å². The Balaban J connectivity index is 1.38. The highest BCUT2D eigenvalue weighted by atomic mass is 32.2. The van der Waals surface area contributed by atoms with Crippen molar-refractivity contribution >= 4 is 29.5 Å². The summed E-state index contributed by atoms with van der Waals surface area (Å²) in [6.07, 6.45) is 4.93. The number of nitrogens with one attached hydrogen (secondary N) is 4. The van der Waals surface area contributed by atoms with Crippen molar-refractivity contribution in [2.45, 2.75) is 62.7 Å². The van der Waals surface area contributed by atoms with E-state index in [9.17, 15) is 14.4 Å². The first-order valence-corrected chi connectivity index (χ1v) is 10.9. The zero-order valence-corrected chi connectivity index (χ0v) is 16.7. The number of thioether (sulfide) groups is 1. The number of carbonyl (C=O) groups excluding carboxylic acids is 3. The van der Waals surface area contributed by atoms with Crippen LogP contribution in [0.5, 0.6) is 0 Å². The number of benzene rings is 1. The Morgan fingerprint density at radius 3 is 2.61 bits per heavy atom. The van der Waals surface area contributed by atoms with E-state index in [1.54, 1.807) is 0 Å². The highest BCUT2D eigenvalue weighted by Gasteiger charge is 2.28. The van der Waals surface area contributed by atoms with Crippen molar-refractivity contribution in [1.82, 2.24) is 21.3 Å². The molecule has 0 radical (unpaired) electrons. The van der Waals surface area contributed by atoms with Crippen molar-refractivity contribution in [3.05, 3.63) is 35.9 Å². The molecule has 2 atom stereocenters. The van der Waals surface area contributed by atoms with Gasteiger partial charge in [0.05, 0.1) is 5.75 Å². The molecule has 2 unspecified atom stereocenters. The Hall–Kier alpha value is -2.06.